The van der Waals surface area contributed by atoms with E-state index in [9.17, 15) is 9.59 Å². The molecule has 9 nitrogen and oxygen atoms in total. The van der Waals surface area contributed by atoms with Crippen molar-refractivity contribution in [2.45, 2.75) is 26.1 Å². The fourth-order valence-corrected chi connectivity index (χ4v) is 2.27. The molecule has 0 saturated carbocycles. The first-order chi connectivity index (χ1) is 13.6. The van der Waals surface area contributed by atoms with E-state index in [1.54, 1.807) is 19.9 Å². The summed E-state index contributed by atoms with van der Waals surface area (Å²) < 4.78 is 32.2. The van der Waals surface area contributed by atoms with E-state index in [2.05, 4.69) is 4.98 Å². The van der Waals surface area contributed by atoms with Gasteiger partial charge in [-0.2, -0.15) is 0 Å². The van der Waals surface area contributed by atoms with Gasteiger partial charge in [0.15, 0.2) is 0 Å². The fourth-order valence-electron chi connectivity index (χ4n) is 2.27. The van der Waals surface area contributed by atoms with Crippen LogP contribution in [0, 0.1) is 0 Å². The molecule has 0 radical (unpaired) electrons. The lowest BCUT2D eigenvalue weighted by molar-refractivity contribution is -0.0300. The van der Waals surface area contributed by atoms with Crippen LogP contribution in [0.5, 0.6) is 0 Å². The van der Waals surface area contributed by atoms with Crippen LogP contribution in [-0.2, 0) is 28.4 Å². The van der Waals surface area contributed by atoms with E-state index in [1.165, 1.54) is 12.1 Å². The van der Waals surface area contributed by atoms with Crippen molar-refractivity contribution in [3.05, 3.63) is 29.6 Å². The number of rotatable bonds is 0. The zero-order valence-electron chi connectivity index (χ0n) is 16.3. The molecule has 0 saturated heterocycles. The first kappa shape index (κ1) is 22.2. The summed E-state index contributed by atoms with van der Waals surface area (Å²) in [4.78, 5) is 28.5. The highest BCUT2D eigenvalue weighted by Gasteiger charge is 2.18. The summed E-state index contributed by atoms with van der Waals surface area (Å²) in [5.41, 5.74) is 0.0492. The van der Waals surface area contributed by atoms with Crippen molar-refractivity contribution in [1.29, 1.82) is 0 Å². The van der Waals surface area contributed by atoms with Crippen molar-refractivity contribution in [2.24, 2.45) is 0 Å². The molecule has 1 aromatic rings. The summed E-state index contributed by atoms with van der Waals surface area (Å²) >= 11 is 0. The maximum absolute atomic E-state index is 12.2. The van der Waals surface area contributed by atoms with Gasteiger partial charge in [0.1, 0.15) is 23.6 Å². The molecule has 0 fully saturated rings. The van der Waals surface area contributed by atoms with Crippen molar-refractivity contribution in [3.8, 4) is 0 Å². The van der Waals surface area contributed by atoms with Gasteiger partial charge in [0.05, 0.1) is 52.9 Å². The topological polar surface area (TPSA) is 102 Å². The second kappa shape index (κ2) is 12.4. The number of aromatic nitrogens is 1. The largest absolute Gasteiger partial charge is 0.455 e. The molecule has 0 aromatic carbocycles. The highest BCUT2D eigenvalue weighted by atomic mass is 16.6. The Morgan fingerprint density at radius 2 is 1.11 bits per heavy atom. The van der Waals surface area contributed by atoms with Crippen LogP contribution in [-0.4, -0.2) is 82.0 Å². The van der Waals surface area contributed by atoms with Crippen molar-refractivity contribution in [3.63, 3.8) is 0 Å². The molecule has 1 aliphatic rings. The maximum Gasteiger partial charge on any atom is 0.357 e. The van der Waals surface area contributed by atoms with E-state index in [4.69, 9.17) is 28.4 Å². The Morgan fingerprint density at radius 3 is 1.54 bits per heavy atom. The molecule has 0 spiro atoms. The molecule has 2 unspecified atom stereocenters. The summed E-state index contributed by atoms with van der Waals surface area (Å²) in [7, 11) is 0. The first-order valence-corrected chi connectivity index (χ1v) is 9.26. The van der Waals surface area contributed by atoms with Crippen LogP contribution in [0.2, 0.25) is 0 Å². The minimum absolute atomic E-state index is 0.0246. The Hall–Kier alpha value is -2.07. The van der Waals surface area contributed by atoms with E-state index in [1.807, 2.05) is 0 Å². The predicted molar refractivity (Wildman–Crippen MR) is 97.3 cm³/mol. The Balaban J connectivity index is 1.98. The van der Waals surface area contributed by atoms with Crippen molar-refractivity contribution in [2.75, 3.05) is 52.9 Å². The minimum atomic E-state index is -0.638. The van der Waals surface area contributed by atoms with Gasteiger partial charge in [-0.3, -0.25) is 0 Å². The number of fused-ring (bicyclic) bond motifs is 2. The average molecular weight is 397 g/mol. The number of carbonyl (C=O) groups is 2. The Kier molecular flexibility index (Phi) is 9.84. The molecule has 0 aliphatic carbocycles. The maximum atomic E-state index is 12.2. The van der Waals surface area contributed by atoms with Gasteiger partial charge in [0, 0.05) is 0 Å². The number of ether oxygens (including phenoxy) is 6. The van der Waals surface area contributed by atoms with Crippen molar-refractivity contribution < 1.29 is 38.0 Å². The molecule has 2 atom stereocenters. The Bertz CT molecular complexity index is 574. The molecular formula is C19H27NO8. The first-order valence-electron chi connectivity index (χ1n) is 9.26. The van der Waals surface area contributed by atoms with Crippen LogP contribution in [0.25, 0.3) is 0 Å². The van der Waals surface area contributed by atoms with Crippen molar-refractivity contribution in [1.82, 2.24) is 4.98 Å². The Morgan fingerprint density at radius 1 is 0.714 bits per heavy atom. The van der Waals surface area contributed by atoms with Gasteiger partial charge in [0.25, 0.3) is 0 Å². The third-order valence-corrected chi connectivity index (χ3v) is 3.60. The van der Waals surface area contributed by atoms with Gasteiger partial charge in [-0.05, 0) is 26.0 Å². The van der Waals surface area contributed by atoms with Gasteiger partial charge in [-0.15, -0.1) is 0 Å². The normalized spacial score (nSPS) is 24.5. The summed E-state index contributed by atoms with van der Waals surface area (Å²) in [5.74, 6) is -1.28. The lowest BCUT2D eigenvalue weighted by Crippen LogP contribution is -2.24. The van der Waals surface area contributed by atoms with Crippen LogP contribution < -0.4 is 0 Å². The molecule has 28 heavy (non-hydrogen) atoms. The van der Waals surface area contributed by atoms with Crippen LogP contribution >= 0.6 is 0 Å². The quantitative estimate of drug-likeness (QED) is 0.598. The van der Waals surface area contributed by atoms with E-state index in [0.717, 1.165) is 0 Å². The number of carbonyl (C=O) groups excluding carboxylic acids is 2. The van der Waals surface area contributed by atoms with Gasteiger partial charge >= 0.3 is 11.9 Å². The number of cyclic esters (lactones) is 2. The van der Waals surface area contributed by atoms with Crippen LogP contribution in [0.1, 0.15) is 34.8 Å². The molecule has 1 aliphatic heterocycles. The summed E-state index contributed by atoms with van der Waals surface area (Å²) in [6.45, 7) is 6.35. The second-order valence-corrected chi connectivity index (χ2v) is 6.21. The lowest BCUT2D eigenvalue weighted by atomic mass is 10.3. The molecule has 0 amide bonds. The van der Waals surface area contributed by atoms with E-state index >= 15 is 0 Å². The molecule has 156 valence electrons. The molecule has 1 aromatic heterocycles. The predicted octanol–water partition coefficient (Wildman–Crippen LogP) is 1.25. The molecule has 0 N–H and O–H groups in total. The standard InChI is InChI=1S/C19H27NO8/c1-14-12-25-10-8-23-6-7-24-9-11-26-13-15(2)28-19(22)17-5-3-4-16(20-17)18(21)27-14/h3-5,14-15H,6-13H2,1-2H3. The number of pyridine rings is 1. The lowest BCUT2D eigenvalue weighted by Gasteiger charge is -2.14. The minimum Gasteiger partial charge on any atom is -0.455 e. The summed E-state index contributed by atoms with van der Waals surface area (Å²) in [5, 5.41) is 0. The monoisotopic (exact) mass is 397 g/mol. The van der Waals surface area contributed by atoms with Gasteiger partial charge < -0.3 is 28.4 Å². The molecule has 9 heteroatoms. The molecule has 2 bridgehead atoms. The third-order valence-electron chi connectivity index (χ3n) is 3.60. The number of hydrogen-bond acceptors (Lipinski definition) is 9. The highest BCUT2D eigenvalue weighted by molar-refractivity contribution is 5.91. The average Bonchev–Trinajstić information content (AvgIpc) is 2.68. The second-order valence-electron chi connectivity index (χ2n) is 6.21. The van der Waals surface area contributed by atoms with E-state index < -0.39 is 24.1 Å². The van der Waals surface area contributed by atoms with Gasteiger partial charge in [0.2, 0.25) is 0 Å². The fraction of sp³-hybridized carbons (Fsp3) is 0.632. The number of hydrogen-bond donors (Lipinski definition) is 0. The zero-order chi connectivity index (χ0) is 20.2. The van der Waals surface area contributed by atoms with Crippen molar-refractivity contribution >= 4 is 11.9 Å². The zero-order valence-corrected chi connectivity index (χ0v) is 16.3. The van der Waals surface area contributed by atoms with Crippen LogP contribution in [0.3, 0.4) is 0 Å². The summed E-state index contributed by atoms with van der Waals surface area (Å²) in [6, 6.07) is 4.50. The highest BCUT2D eigenvalue weighted by Crippen LogP contribution is 2.07. The number of esters is 2. The SMILES string of the molecule is CC1COCCOCCOCCOCC(C)OC(=O)c2cccc(n2)C(=O)O1. The summed E-state index contributed by atoms with van der Waals surface area (Å²) in [6.07, 6.45) is -0.945. The van der Waals surface area contributed by atoms with Crippen LogP contribution in [0.15, 0.2) is 18.2 Å². The van der Waals surface area contributed by atoms with Crippen LogP contribution in [0.4, 0.5) is 0 Å². The smallest absolute Gasteiger partial charge is 0.357 e. The van der Waals surface area contributed by atoms with Gasteiger partial charge in [-0.1, -0.05) is 6.07 Å². The van der Waals surface area contributed by atoms with E-state index in [-0.39, 0.29) is 24.6 Å². The number of nitrogens with zero attached hydrogens (tertiary/aromatic N) is 1. The Labute approximate surface area is 164 Å². The molecule has 2 rings (SSSR count). The van der Waals surface area contributed by atoms with E-state index in [0.29, 0.717) is 39.6 Å². The molecular weight excluding hydrogens is 370 g/mol. The van der Waals surface area contributed by atoms with Gasteiger partial charge in [-0.25, -0.2) is 14.6 Å². The molecule has 2 heterocycles. The third kappa shape index (κ3) is 8.30.